The van der Waals surface area contributed by atoms with E-state index in [1.807, 2.05) is 6.07 Å². The number of carboxylic acids is 1. The Hall–Kier alpha value is -1.84. The standard InChI is InChI=1S/C13H14N2O2/c1-2-15-11-6-5-9(13(16)17)7-10(11)14-12(15)8-3-4-8/h5-8H,2-4H2,1H3,(H,16,17). The van der Waals surface area contributed by atoms with E-state index >= 15 is 0 Å². The van der Waals surface area contributed by atoms with E-state index in [4.69, 9.17) is 5.11 Å². The molecule has 17 heavy (non-hydrogen) atoms. The molecule has 1 aliphatic rings. The lowest BCUT2D eigenvalue weighted by molar-refractivity contribution is 0.0697. The molecule has 1 N–H and O–H groups in total. The van der Waals surface area contributed by atoms with Crippen molar-refractivity contribution in [3.05, 3.63) is 29.6 Å². The lowest BCUT2D eigenvalue weighted by Crippen LogP contribution is -2.00. The van der Waals surface area contributed by atoms with E-state index in [1.165, 1.54) is 12.8 Å². The molecule has 0 aliphatic heterocycles. The summed E-state index contributed by atoms with van der Waals surface area (Å²) in [5.74, 6) is 0.798. The Morgan fingerprint density at radius 1 is 1.53 bits per heavy atom. The first-order chi connectivity index (χ1) is 8.20. The summed E-state index contributed by atoms with van der Waals surface area (Å²) >= 11 is 0. The molecule has 1 saturated carbocycles. The average Bonchev–Trinajstić information content (AvgIpc) is 3.09. The zero-order valence-electron chi connectivity index (χ0n) is 9.68. The third-order valence-electron chi connectivity index (χ3n) is 3.28. The monoisotopic (exact) mass is 230 g/mol. The number of benzene rings is 1. The van der Waals surface area contributed by atoms with E-state index < -0.39 is 5.97 Å². The van der Waals surface area contributed by atoms with Gasteiger partial charge in [0.05, 0.1) is 16.6 Å². The Morgan fingerprint density at radius 3 is 2.88 bits per heavy atom. The minimum Gasteiger partial charge on any atom is -0.478 e. The van der Waals surface area contributed by atoms with Crippen molar-refractivity contribution in [2.75, 3.05) is 0 Å². The van der Waals surface area contributed by atoms with Gasteiger partial charge in [0.25, 0.3) is 0 Å². The first-order valence-corrected chi connectivity index (χ1v) is 5.94. The number of carbonyl (C=O) groups is 1. The lowest BCUT2D eigenvalue weighted by atomic mass is 10.2. The number of nitrogens with zero attached hydrogens (tertiary/aromatic N) is 2. The summed E-state index contributed by atoms with van der Waals surface area (Å²) in [5, 5.41) is 8.96. The topological polar surface area (TPSA) is 55.1 Å². The summed E-state index contributed by atoms with van der Waals surface area (Å²) in [5.41, 5.74) is 2.15. The third-order valence-corrected chi connectivity index (χ3v) is 3.28. The smallest absolute Gasteiger partial charge is 0.335 e. The highest BCUT2D eigenvalue weighted by molar-refractivity contribution is 5.92. The number of rotatable bonds is 3. The summed E-state index contributed by atoms with van der Waals surface area (Å²) in [6.45, 7) is 2.98. The zero-order valence-corrected chi connectivity index (χ0v) is 9.68. The molecule has 1 aromatic heterocycles. The van der Waals surface area contributed by atoms with Crippen molar-refractivity contribution in [3.63, 3.8) is 0 Å². The highest BCUT2D eigenvalue weighted by Gasteiger charge is 2.29. The minimum atomic E-state index is -0.897. The van der Waals surface area contributed by atoms with Gasteiger partial charge in [-0.05, 0) is 38.0 Å². The quantitative estimate of drug-likeness (QED) is 0.881. The van der Waals surface area contributed by atoms with Crippen LogP contribution in [0.5, 0.6) is 0 Å². The van der Waals surface area contributed by atoms with Gasteiger partial charge in [0.15, 0.2) is 0 Å². The normalized spacial score (nSPS) is 15.4. The SMILES string of the molecule is CCn1c(C2CC2)nc2cc(C(=O)O)ccc21. The second-order valence-corrected chi connectivity index (χ2v) is 4.50. The molecular formula is C13H14N2O2. The molecule has 88 valence electrons. The number of carboxylic acid groups (broad SMARTS) is 1. The van der Waals surface area contributed by atoms with Crippen LogP contribution in [0.4, 0.5) is 0 Å². The van der Waals surface area contributed by atoms with Crippen molar-refractivity contribution in [3.8, 4) is 0 Å². The van der Waals surface area contributed by atoms with Gasteiger partial charge in [-0.1, -0.05) is 0 Å². The molecule has 0 bridgehead atoms. The molecule has 0 radical (unpaired) electrons. The fourth-order valence-corrected chi connectivity index (χ4v) is 2.27. The van der Waals surface area contributed by atoms with Crippen LogP contribution in [-0.2, 0) is 6.54 Å². The molecule has 0 saturated heterocycles. The number of fused-ring (bicyclic) bond motifs is 1. The summed E-state index contributed by atoms with van der Waals surface area (Å²) in [6.07, 6.45) is 2.41. The Labute approximate surface area is 98.9 Å². The molecule has 4 nitrogen and oxygen atoms in total. The Bertz CT molecular complexity index is 597. The van der Waals surface area contributed by atoms with E-state index in [0.717, 1.165) is 23.4 Å². The van der Waals surface area contributed by atoms with Gasteiger partial charge in [-0.2, -0.15) is 0 Å². The Morgan fingerprint density at radius 2 is 2.29 bits per heavy atom. The highest BCUT2D eigenvalue weighted by Crippen LogP contribution is 2.40. The number of aryl methyl sites for hydroxylation is 1. The van der Waals surface area contributed by atoms with E-state index in [-0.39, 0.29) is 0 Å². The first kappa shape index (κ1) is 10.3. The van der Waals surface area contributed by atoms with Crippen molar-refractivity contribution in [2.45, 2.75) is 32.2 Å². The molecule has 1 aliphatic carbocycles. The van der Waals surface area contributed by atoms with Gasteiger partial charge in [0, 0.05) is 12.5 Å². The predicted molar refractivity (Wildman–Crippen MR) is 64.3 cm³/mol. The number of hydrogen-bond acceptors (Lipinski definition) is 2. The Kier molecular flexibility index (Phi) is 2.18. The van der Waals surface area contributed by atoms with Gasteiger partial charge >= 0.3 is 5.97 Å². The fourth-order valence-electron chi connectivity index (χ4n) is 2.27. The molecule has 0 unspecified atom stereocenters. The van der Waals surface area contributed by atoms with Gasteiger partial charge in [-0.15, -0.1) is 0 Å². The van der Waals surface area contributed by atoms with Gasteiger partial charge < -0.3 is 9.67 Å². The van der Waals surface area contributed by atoms with Crippen molar-refractivity contribution in [1.29, 1.82) is 0 Å². The van der Waals surface area contributed by atoms with E-state index in [0.29, 0.717) is 11.5 Å². The van der Waals surface area contributed by atoms with Crippen molar-refractivity contribution < 1.29 is 9.90 Å². The minimum absolute atomic E-state index is 0.306. The average molecular weight is 230 g/mol. The van der Waals surface area contributed by atoms with Crippen LogP contribution in [0.25, 0.3) is 11.0 Å². The van der Waals surface area contributed by atoms with Gasteiger partial charge in [0.2, 0.25) is 0 Å². The highest BCUT2D eigenvalue weighted by atomic mass is 16.4. The van der Waals surface area contributed by atoms with E-state index in [2.05, 4.69) is 16.5 Å². The van der Waals surface area contributed by atoms with E-state index in [1.54, 1.807) is 12.1 Å². The van der Waals surface area contributed by atoms with Gasteiger partial charge in [0.1, 0.15) is 5.82 Å². The fraction of sp³-hybridized carbons (Fsp3) is 0.385. The zero-order chi connectivity index (χ0) is 12.0. The second kappa shape index (κ2) is 3.58. The van der Waals surface area contributed by atoms with Crippen LogP contribution in [0.2, 0.25) is 0 Å². The molecular weight excluding hydrogens is 216 g/mol. The largest absolute Gasteiger partial charge is 0.478 e. The van der Waals surface area contributed by atoms with E-state index in [9.17, 15) is 4.79 Å². The predicted octanol–water partition coefficient (Wildman–Crippen LogP) is 2.63. The number of imidazole rings is 1. The molecule has 4 heteroatoms. The first-order valence-electron chi connectivity index (χ1n) is 5.94. The molecule has 3 rings (SSSR count). The molecule has 1 fully saturated rings. The molecule has 1 heterocycles. The summed E-state index contributed by atoms with van der Waals surface area (Å²) < 4.78 is 2.19. The van der Waals surface area contributed by atoms with Crippen LogP contribution in [0.1, 0.15) is 41.9 Å². The van der Waals surface area contributed by atoms with Crippen LogP contribution in [0.15, 0.2) is 18.2 Å². The summed E-state index contributed by atoms with van der Waals surface area (Å²) in [6, 6.07) is 5.17. The van der Waals surface area contributed by atoms with Crippen LogP contribution in [0.3, 0.4) is 0 Å². The third kappa shape index (κ3) is 1.60. The number of hydrogen-bond donors (Lipinski definition) is 1. The maximum Gasteiger partial charge on any atom is 0.335 e. The van der Waals surface area contributed by atoms with Gasteiger partial charge in [-0.25, -0.2) is 9.78 Å². The molecule has 1 aromatic carbocycles. The van der Waals surface area contributed by atoms with Crippen LogP contribution >= 0.6 is 0 Å². The molecule has 0 atom stereocenters. The van der Waals surface area contributed by atoms with Gasteiger partial charge in [-0.3, -0.25) is 0 Å². The lowest BCUT2D eigenvalue weighted by Gasteiger charge is -2.04. The Balaban J connectivity index is 2.20. The van der Waals surface area contributed by atoms with Crippen molar-refractivity contribution >= 4 is 17.0 Å². The second-order valence-electron chi connectivity index (χ2n) is 4.50. The van der Waals surface area contributed by atoms with Crippen LogP contribution in [0, 0.1) is 0 Å². The molecule has 2 aromatic rings. The molecule has 0 spiro atoms. The number of aromatic carboxylic acids is 1. The van der Waals surface area contributed by atoms with Crippen LogP contribution in [-0.4, -0.2) is 20.6 Å². The number of aromatic nitrogens is 2. The van der Waals surface area contributed by atoms with Crippen LogP contribution < -0.4 is 0 Å². The van der Waals surface area contributed by atoms with Crippen molar-refractivity contribution in [1.82, 2.24) is 9.55 Å². The maximum atomic E-state index is 10.9. The summed E-state index contributed by atoms with van der Waals surface area (Å²) in [4.78, 5) is 15.5. The van der Waals surface area contributed by atoms with Crippen molar-refractivity contribution in [2.24, 2.45) is 0 Å². The maximum absolute atomic E-state index is 10.9. The summed E-state index contributed by atoms with van der Waals surface area (Å²) in [7, 11) is 0. The molecule has 0 amide bonds.